The van der Waals surface area contributed by atoms with Crippen molar-refractivity contribution in [2.75, 3.05) is 0 Å². The van der Waals surface area contributed by atoms with E-state index in [0.717, 1.165) is 6.07 Å². The van der Waals surface area contributed by atoms with Crippen molar-refractivity contribution in [3.63, 3.8) is 0 Å². The van der Waals surface area contributed by atoms with Crippen molar-refractivity contribution in [2.45, 2.75) is 12.4 Å². The Labute approximate surface area is 125 Å². The predicted molar refractivity (Wildman–Crippen MR) is 66.6 cm³/mol. The van der Waals surface area contributed by atoms with E-state index in [-0.39, 0.29) is 11.6 Å². The minimum Gasteiger partial charge on any atom is -0.206 e. The molecule has 0 aromatic heterocycles. The Kier molecular flexibility index (Phi) is 4.07. The third-order valence-electron chi connectivity index (χ3n) is 3.05. The minimum atomic E-state index is -4.79. The number of hydrogen-bond donors (Lipinski definition) is 0. The Bertz CT molecular complexity index is 782. The number of hydrogen-bond acceptors (Lipinski definition) is 1. The van der Waals surface area contributed by atoms with Gasteiger partial charge >= 0.3 is 12.4 Å². The first-order valence-electron chi connectivity index (χ1n) is 6.02. The van der Waals surface area contributed by atoms with E-state index in [9.17, 15) is 30.7 Å². The van der Waals surface area contributed by atoms with Crippen LogP contribution in [0.25, 0.3) is 11.1 Å². The zero-order valence-corrected chi connectivity index (χ0v) is 11.1. The maximum absolute atomic E-state index is 13.9. The van der Waals surface area contributed by atoms with Crippen LogP contribution in [0, 0.1) is 17.1 Å². The lowest BCUT2D eigenvalue weighted by Crippen LogP contribution is -2.07. The lowest BCUT2D eigenvalue weighted by Gasteiger charge is -2.13. The first-order chi connectivity index (χ1) is 10.5. The average molecular weight is 333 g/mol. The largest absolute Gasteiger partial charge is 0.416 e. The maximum atomic E-state index is 13.9. The fourth-order valence-corrected chi connectivity index (χ4v) is 1.95. The fraction of sp³-hybridized carbons (Fsp3) is 0.133. The molecule has 2 aromatic rings. The summed E-state index contributed by atoms with van der Waals surface area (Å²) in [6.45, 7) is 0. The normalized spacial score (nSPS) is 12.1. The molecule has 0 aliphatic carbocycles. The van der Waals surface area contributed by atoms with E-state index in [1.54, 1.807) is 6.07 Å². The fourth-order valence-electron chi connectivity index (χ4n) is 1.95. The number of nitriles is 1. The zero-order chi connectivity index (χ0) is 17.4. The summed E-state index contributed by atoms with van der Waals surface area (Å²) < 4.78 is 89.6. The Morgan fingerprint density at radius 2 is 1.26 bits per heavy atom. The molecule has 0 fully saturated rings. The lowest BCUT2D eigenvalue weighted by molar-refractivity contribution is -0.138. The van der Waals surface area contributed by atoms with Gasteiger partial charge in [0, 0.05) is 11.1 Å². The van der Waals surface area contributed by atoms with Crippen LogP contribution in [-0.2, 0) is 12.4 Å². The summed E-state index contributed by atoms with van der Waals surface area (Å²) in [5.74, 6) is -1.37. The molecule has 2 aromatic carbocycles. The van der Waals surface area contributed by atoms with Crippen LogP contribution in [0.15, 0.2) is 36.4 Å². The molecular formula is C15H6F7N. The number of halogens is 7. The molecule has 0 aliphatic heterocycles. The maximum Gasteiger partial charge on any atom is 0.416 e. The SMILES string of the molecule is N#Cc1ccc(C(F)(F)F)cc1-c1ccc(C(F)(F)F)cc1F. The van der Waals surface area contributed by atoms with Gasteiger partial charge in [-0.15, -0.1) is 0 Å². The number of nitrogens with zero attached hydrogens (tertiary/aromatic N) is 1. The molecule has 0 bridgehead atoms. The predicted octanol–water partition coefficient (Wildman–Crippen LogP) is 5.40. The van der Waals surface area contributed by atoms with Crippen LogP contribution in [0.4, 0.5) is 30.7 Å². The molecule has 120 valence electrons. The highest BCUT2D eigenvalue weighted by Gasteiger charge is 2.33. The zero-order valence-electron chi connectivity index (χ0n) is 11.1. The van der Waals surface area contributed by atoms with E-state index in [0.29, 0.717) is 24.3 Å². The van der Waals surface area contributed by atoms with E-state index in [2.05, 4.69) is 0 Å². The molecule has 8 heteroatoms. The third kappa shape index (κ3) is 3.44. The highest BCUT2D eigenvalue weighted by Crippen LogP contribution is 2.37. The van der Waals surface area contributed by atoms with Crippen LogP contribution >= 0.6 is 0 Å². The molecule has 0 saturated carbocycles. The van der Waals surface area contributed by atoms with Crippen LogP contribution in [0.2, 0.25) is 0 Å². The van der Waals surface area contributed by atoms with Gasteiger partial charge in [0.2, 0.25) is 0 Å². The Morgan fingerprint density at radius 1 is 0.739 bits per heavy atom. The number of benzene rings is 2. The number of rotatable bonds is 1. The van der Waals surface area contributed by atoms with Crippen LogP contribution in [-0.4, -0.2) is 0 Å². The van der Waals surface area contributed by atoms with E-state index >= 15 is 0 Å². The highest BCUT2D eigenvalue weighted by molar-refractivity contribution is 5.72. The van der Waals surface area contributed by atoms with Gasteiger partial charge in [-0.3, -0.25) is 0 Å². The second-order valence-corrected chi connectivity index (χ2v) is 4.56. The summed E-state index contributed by atoms with van der Waals surface area (Å²) in [5.41, 5.74) is -3.62. The molecule has 0 saturated heterocycles. The summed E-state index contributed by atoms with van der Waals surface area (Å²) in [6.07, 6.45) is -9.52. The molecule has 23 heavy (non-hydrogen) atoms. The van der Waals surface area contributed by atoms with E-state index in [1.165, 1.54) is 0 Å². The van der Waals surface area contributed by atoms with Gasteiger partial charge in [0.1, 0.15) is 5.82 Å². The molecule has 0 radical (unpaired) electrons. The summed E-state index contributed by atoms with van der Waals surface area (Å²) in [7, 11) is 0. The van der Waals surface area contributed by atoms with E-state index < -0.39 is 40.4 Å². The first kappa shape index (κ1) is 16.8. The van der Waals surface area contributed by atoms with Crippen molar-refractivity contribution in [2.24, 2.45) is 0 Å². The van der Waals surface area contributed by atoms with Gasteiger partial charge in [-0.1, -0.05) is 6.07 Å². The molecule has 0 aliphatic rings. The van der Waals surface area contributed by atoms with Crippen LogP contribution in [0.5, 0.6) is 0 Å². The average Bonchev–Trinajstić information content (AvgIpc) is 2.44. The van der Waals surface area contributed by atoms with Gasteiger partial charge in [-0.25, -0.2) is 4.39 Å². The van der Waals surface area contributed by atoms with Gasteiger partial charge in [0.15, 0.2) is 0 Å². The standard InChI is InChI=1S/C15H6F7N/c16-13-6-10(15(20,21)22)3-4-11(13)12-5-9(14(17,18)19)2-1-8(12)7-23/h1-6H. The number of alkyl halides is 6. The molecule has 0 N–H and O–H groups in total. The van der Waals surface area contributed by atoms with E-state index in [1.807, 2.05) is 0 Å². The van der Waals surface area contributed by atoms with Crippen molar-refractivity contribution >= 4 is 0 Å². The molecule has 0 unspecified atom stereocenters. The van der Waals surface area contributed by atoms with Crippen molar-refractivity contribution in [3.05, 3.63) is 58.9 Å². The minimum absolute atomic E-state index is 0.177. The third-order valence-corrected chi connectivity index (χ3v) is 3.05. The molecule has 0 heterocycles. The Morgan fingerprint density at radius 3 is 1.74 bits per heavy atom. The van der Waals surface area contributed by atoms with Crippen molar-refractivity contribution < 1.29 is 30.7 Å². The summed E-state index contributed by atoms with van der Waals surface area (Å²) >= 11 is 0. The monoisotopic (exact) mass is 333 g/mol. The first-order valence-corrected chi connectivity index (χ1v) is 6.02. The van der Waals surface area contributed by atoms with Gasteiger partial charge in [-0.05, 0) is 30.3 Å². The second kappa shape index (κ2) is 5.57. The second-order valence-electron chi connectivity index (χ2n) is 4.56. The topological polar surface area (TPSA) is 23.8 Å². The molecule has 0 atom stereocenters. The van der Waals surface area contributed by atoms with Crippen LogP contribution in [0.3, 0.4) is 0 Å². The molecule has 0 amide bonds. The highest BCUT2D eigenvalue weighted by atomic mass is 19.4. The summed E-state index contributed by atoms with van der Waals surface area (Å²) in [5, 5.41) is 8.91. The lowest BCUT2D eigenvalue weighted by atomic mass is 9.96. The molecular weight excluding hydrogens is 327 g/mol. The van der Waals surface area contributed by atoms with Crippen LogP contribution in [0.1, 0.15) is 16.7 Å². The van der Waals surface area contributed by atoms with Crippen LogP contribution < -0.4 is 0 Å². The smallest absolute Gasteiger partial charge is 0.206 e. The van der Waals surface area contributed by atoms with Crippen molar-refractivity contribution in [1.29, 1.82) is 5.26 Å². The Balaban J connectivity index is 2.64. The molecule has 0 spiro atoms. The van der Waals surface area contributed by atoms with Gasteiger partial charge in [0.25, 0.3) is 0 Å². The molecule has 1 nitrogen and oxygen atoms in total. The van der Waals surface area contributed by atoms with Crippen molar-refractivity contribution in [3.8, 4) is 17.2 Å². The van der Waals surface area contributed by atoms with Gasteiger partial charge in [0.05, 0.1) is 22.8 Å². The quantitative estimate of drug-likeness (QED) is 0.641. The molecule has 2 rings (SSSR count). The van der Waals surface area contributed by atoms with Gasteiger partial charge < -0.3 is 0 Å². The van der Waals surface area contributed by atoms with Crippen molar-refractivity contribution in [1.82, 2.24) is 0 Å². The Hall–Kier alpha value is -2.56. The summed E-state index contributed by atoms with van der Waals surface area (Å²) in [4.78, 5) is 0. The summed E-state index contributed by atoms with van der Waals surface area (Å²) in [6, 6.07) is 5.03. The van der Waals surface area contributed by atoms with E-state index in [4.69, 9.17) is 5.26 Å². The van der Waals surface area contributed by atoms with Gasteiger partial charge in [-0.2, -0.15) is 31.6 Å².